The van der Waals surface area contributed by atoms with Crippen LogP contribution >= 0.6 is 11.6 Å². The van der Waals surface area contributed by atoms with E-state index in [0.29, 0.717) is 10.7 Å². The number of halogens is 1. The van der Waals surface area contributed by atoms with Gasteiger partial charge in [0.2, 0.25) is 0 Å². The number of carbonyl (C=O) groups excluding carboxylic acids is 1. The lowest BCUT2D eigenvalue weighted by atomic mass is 10.1. The number of aromatic nitrogens is 1. The summed E-state index contributed by atoms with van der Waals surface area (Å²) in [4.78, 5) is 16.5. The van der Waals surface area contributed by atoms with E-state index in [0.717, 1.165) is 29.8 Å². The molecule has 0 unspecified atom stereocenters. The molecule has 1 N–H and O–H groups in total. The van der Waals surface area contributed by atoms with Crippen LogP contribution in [0.5, 0.6) is 0 Å². The van der Waals surface area contributed by atoms with Gasteiger partial charge in [-0.3, -0.25) is 4.79 Å². The summed E-state index contributed by atoms with van der Waals surface area (Å²) in [6.07, 6.45) is 1.61. The molecule has 0 fully saturated rings. The van der Waals surface area contributed by atoms with Crippen molar-refractivity contribution in [3.05, 3.63) is 58.4 Å². The first-order valence-corrected chi connectivity index (χ1v) is 7.07. The van der Waals surface area contributed by atoms with Crippen LogP contribution in [-0.4, -0.2) is 10.9 Å². The number of rotatable bonds is 4. The van der Waals surface area contributed by atoms with E-state index in [1.807, 2.05) is 31.2 Å². The minimum Gasteiger partial charge on any atom is -0.322 e. The van der Waals surface area contributed by atoms with Gasteiger partial charge < -0.3 is 5.32 Å². The van der Waals surface area contributed by atoms with Gasteiger partial charge in [0, 0.05) is 16.9 Å². The predicted octanol–water partition coefficient (Wildman–Crippen LogP) is 4.11. The number of nitrogens with zero attached hydrogens (tertiary/aromatic N) is 1. The number of anilines is 1. The monoisotopic (exact) mass is 288 g/mol. The zero-order chi connectivity index (χ0) is 14.5. The number of carbonyl (C=O) groups is 1. The van der Waals surface area contributed by atoms with Crippen LogP contribution < -0.4 is 5.32 Å². The Morgan fingerprint density at radius 3 is 2.65 bits per heavy atom. The summed E-state index contributed by atoms with van der Waals surface area (Å²) < 4.78 is 0. The highest BCUT2D eigenvalue weighted by Gasteiger charge is 2.10. The minimum absolute atomic E-state index is 0.162. The third-order valence-electron chi connectivity index (χ3n) is 3.12. The molecule has 20 heavy (non-hydrogen) atoms. The first-order valence-electron chi connectivity index (χ1n) is 6.69. The number of hydrogen-bond acceptors (Lipinski definition) is 2. The van der Waals surface area contributed by atoms with Crippen LogP contribution in [0.2, 0.25) is 5.15 Å². The molecule has 3 nitrogen and oxygen atoms in total. The Morgan fingerprint density at radius 2 is 1.95 bits per heavy atom. The molecular formula is C16H17ClN2O. The first-order chi connectivity index (χ1) is 9.63. The van der Waals surface area contributed by atoms with Crippen LogP contribution in [0.15, 0.2) is 36.4 Å². The van der Waals surface area contributed by atoms with Crippen molar-refractivity contribution in [1.29, 1.82) is 0 Å². The second-order valence-corrected chi connectivity index (χ2v) is 4.88. The van der Waals surface area contributed by atoms with Crippen molar-refractivity contribution in [1.82, 2.24) is 4.98 Å². The lowest BCUT2D eigenvalue weighted by Crippen LogP contribution is -2.14. The Balaban J connectivity index is 2.26. The van der Waals surface area contributed by atoms with Gasteiger partial charge in [-0.05, 0) is 36.6 Å². The summed E-state index contributed by atoms with van der Waals surface area (Å²) in [6.45, 7) is 4.04. The summed E-state index contributed by atoms with van der Waals surface area (Å²) in [6, 6.07) is 11.1. The van der Waals surface area contributed by atoms with Gasteiger partial charge in [-0.25, -0.2) is 4.98 Å². The molecule has 0 aliphatic rings. The number of hydrogen-bond donors (Lipinski definition) is 1. The Bertz CT molecular complexity index is 626. The largest absolute Gasteiger partial charge is 0.322 e. The van der Waals surface area contributed by atoms with Crippen LogP contribution in [0.3, 0.4) is 0 Å². The summed E-state index contributed by atoms with van der Waals surface area (Å²) in [7, 11) is 0. The third kappa shape index (κ3) is 3.36. The summed E-state index contributed by atoms with van der Waals surface area (Å²) in [5.41, 5.74) is 3.29. The quantitative estimate of drug-likeness (QED) is 0.860. The first kappa shape index (κ1) is 14.5. The lowest BCUT2D eigenvalue weighted by molar-refractivity contribution is 0.102. The molecule has 0 aliphatic carbocycles. The molecule has 0 bridgehead atoms. The molecule has 1 amide bonds. The molecule has 4 heteroatoms. The Labute approximate surface area is 124 Å². The van der Waals surface area contributed by atoms with E-state index in [4.69, 9.17) is 11.6 Å². The molecule has 1 aromatic carbocycles. The fourth-order valence-electron chi connectivity index (χ4n) is 2.01. The van der Waals surface area contributed by atoms with Crippen molar-refractivity contribution in [3.8, 4) is 0 Å². The topological polar surface area (TPSA) is 42.0 Å². The van der Waals surface area contributed by atoms with Gasteiger partial charge in [-0.15, -0.1) is 0 Å². The molecule has 1 aromatic heterocycles. The highest BCUT2D eigenvalue weighted by Crippen LogP contribution is 2.18. The van der Waals surface area contributed by atoms with E-state index in [1.165, 1.54) is 0 Å². The molecule has 2 rings (SSSR count). The maximum atomic E-state index is 12.3. The van der Waals surface area contributed by atoms with E-state index < -0.39 is 0 Å². The fourth-order valence-corrected chi connectivity index (χ4v) is 2.23. The van der Waals surface area contributed by atoms with Crippen molar-refractivity contribution in [2.45, 2.75) is 26.7 Å². The smallest absolute Gasteiger partial charge is 0.255 e. The zero-order valence-corrected chi connectivity index (χ0v) is 12.4. The number of benzene rings is 1. The predicted molar refractivity (Wildman–Crippen MR) is 82.4 cm³/mol. The normalized spacial score (nSPS) is 10.3. The van der Waals surface area contributed by atoms with Gasteiger partial charge in [-0.1, -0.05) is 43.6 Å². The Kier molecular flexibility index (Phi) is 4.74. The minimum atomic E-state index is -0.162. The van der Waals surface area contributed by atoms with Crippen LogP contribution in [0.25, 0.3) is 0 Å². The van der Waals surface area contributed by atoms with E-state index in [-0.39, 0.29) is 5.91 Å². The second-order valence-electron chi connectivity index (χ2n) is 4.49. The average Bonchev–Trinajstić information content (AvgIpc) is 2.47. The van der Waals surface area contributed by atoms with Crippen LogP contribution in [0.4, 0.5) is 5.69 Å². The van der Waals surface area contributed by atoms with Crippen LogP contribution in [0, 0.1) is 0 Å². The molecule has 104 valence electrons. The number of nitrogens with one attached hydrogen (secondary N) is 1. The molecule has 0 radical (unpaired) electrons. The summed E-state index contributed by atoms with van der Waals surface area (Å²) >= 11 is 5.94. The molecule has 0 saturated heterocycles. The SMILES string of the molecule is CCc1cc(C(=O)Nc2ccccc2CC)cc(Cl)n1. The number of pyridine rings is 1. The van der Waals surface area contributed by atoms with Gasteiger partial charge in [0.05, 0.1) is 0 Å². The molecule has 0 saturated carbocycles. The van der Waals surface area contributed by atoms with Crippen molar-refractivity contribution in [3.63, 3.8) is 0 Å². The van der Waals surface area contributed by atoms with Gasteiger partial charge in [-0.2, -0.15) is 0 Å². The van der Waals surface area contributed by atoms with Crippen molar-refractivity contribution in [2.75, 3.05) is 5.32 Å². The Morgan fingerprint density at radius 1 is 1.20 bits per heavy atom. The van der Waals surface area contributed by atoms with E-state index in [2.05, 4.69) is 17.2 Å². The average molecular weight is 289 g/mol. The van der Waals surface area contributed by atoms with Gasteiger partial charge in [0.15, 0.2) is 0 Å². The van der Waals surface area contributed by atoms with Gasteiger partial charge in [0.25, 0.3) is 5.91 Å². The Hall–Kier alpha value is -1.87. The van der Waals surface area contributed by atoms with E-state index >= 15 is 0 Å². The number of para-hydroxylation sites is 1. The maximum absolute atomic E-state index is 12.3. The molecule has 1 heterocycles. The number of aryl methyl sites for hydroxylation is 2. The second kappa shape index (κ2) is 6.53. The lowest BCUT2D eigenvalue weighted by Gasteiger charge is -2.10. The van der Waals surface area contributed by atoms with Crippen molar-refractivity contribution < 1.29 is 4.79 Å². The molecule has 2 aromatic rings. The van der Waals surface area contributed by atoms with E-state index in [1.54, 1.807) is 12.1 Å². The molecule has 0 spiro atoms. The number of amides is 1. The highest BCUT2D eigenvalue weighted by atomic mass is 35.5. The van der Waals surface area contributed by atoms with E-state index in [9.17, 15) is 4.79 Å². The van der Waals surface area contributed by atoms with Crippen LogP contribution in [-0.2, 0) is 12.8 Å². The van der Waals surface area contributed by atoms with Crippen LogP contribution in [0.1, 0.15) is 35.5 Å². The van der Waals surface area contributed by atoms with Gasteiger partial charge >= 0.3 is 0 Å². The van der Waals surface area contributed by atoms with Crippen molar-refractivity contribution >= 4 is 23.2 Å². The fraction of sp³-hybridized carbons (Fsp3) is 0.250. The third-order valence-corrected chi connectivity index (χ3v) is 3.31. The molecule has 0 aliphatic heterocycles. The highest BCUT2D eigenvalue weighted by molar-refractivity contribution is 6.29. The summed E-state index contributed by atoms with van der Waals surface area (Å²) in [5, 5.41) is 3.28. The van der Waals surface area contributed by atoms with Gasteiger partial charge in [0.1, 0.15) is 5.15 Å². The molecule has 0 atom stereocenters. The van der Waals surface area contributed by atoms with Crippen molar-refractivity contribution in [2.24, 2.45) is 0 Å². The summed E-state index contributed by atoms with van der Waals surface area (Å²) in [5.74, 6) is -0.162. The zero-order valence-electron chi connectivity index (χ0n) is 11.6. The maximum Gasteiger partial charge on any atom is 0.255 e. The molecular weight excluding hydrogens is 272 g/mol. The standard InChI is InChI=1S/C16H17ClN2O/c1-3-11-7-5-6-8-14(11)19-16(20)12-9-13(4-2)18-15(17)10-12/h5-10H,3-4H2,1-2H3,(H,19,20).